The number of hydrogen-bond donors (Lipinski definition) is 1. The molecule has 206 valence electrons. The predicted molar refractivity (Wildman–Crippen MR) is 154 cm³/mol. The van der Waals surface area contributed by atoms with Gasteiger partial charge in [-0.3, -0.25) is 9.69 Å². The zero-order valence-electron chi connectivity index (χ0n) is 23.8. The highest BCUT2D eigenvalue weighted by atomic mass is 16.6. The van der Waals surface area contributed by atoms with E-state index in [-0.39, 0.29) is 23.2 Å². The minimum atomic E-state index is -0.582. The SMILES string of the molecule is CC(C)(C)OC(=O)c1ccc(NC(=O)c2ncc(-c3ccccc3)cc2OC2CCN(C(C)(C)C)CC2)cc1. The molecule has 39 heavy (non-hydrogen) atoms. The molecule has 0 spiro atoms. The molecule has 7 heteroatoms. The molecule has 0 aliphatic carbocycles. The summed E-state index contributed by atoms with van der Waals surface area (Å²) in [6.45, 7) is 14.0. The van der Waals surface area contributed by atoms with Crippen molar-refractivity contribution in [3.8, 4) is 16.9 Å². The topological polar surface area (TPSA) is 80.8 Å². The Kier molecular flexibility index (Phi) is 8.40. The van der Waals surface area contributed by atoms with Crippen molar-refractivity contribution in [2.75, 3.05) is 18.4 Å². The molecule has 1 aliphatic heterocycles. The fraction of sp³-hybridized carbons (Fsp3) is 0.406. The fourth-order valence-corrected chi connectivity index (χ4v) is 4.53. The van der Waals surface area contributed by atoms with Crippen molar-refractivity contribution in [2.45, 2.75) is 71.6 Å². The van der Waals surface area contributed by atoms with E-state index >= 15 is 0 Å². The number of aromatic nitrogens is 1. The largest absolute Gasteiger partial charge is 0.488 e. The number of carbonyl (C=O) groups is 2. The van der Waals surface area contributed by atoms with Gasteiger partial charge in [-0.05, 0) is 90.3 Å². The molecular formula is C32H39N3O4. The van der Waals surface area contributed by atoms with Gasteiger partial charge >= 0.3 is 5.97 Å². The van der Waals surface area contributed by atoms with Gasteiger partial charge in [-0.15, -0.1) is 0 Å². The first-order chi connectivity index (χ1) is 18.4. The third-order valence-corrected chi connectivity index (χ3v) is 6.64. The van der Waals surface area contributed by atoms with Crippen LogP contribution in [-0.2, 0) is 4.74 Å². The Morgan fingerprint density at radius 3 is 2.13 bits per heavy atom. The molecular weight excluding hydrogens is 490 g/mol. The lowest BCUT2D eigenvalue weighted by Crippen LogP contribution is -2.48. The highest BCUT2D eigenvalue weighted by molar-refractivity contribution is 6.05. The Morgan fingerprint density at radius 2 is 1.54 bits per heavy atom. The molecule has 2 heterocycles. The summed E-state index contributed by atoms with van der Waals surface area (Å²) in [5, 5.41) is 2.89. The first-order valence-electron chi connectivity index (χ1n) is 13.5. The van der Waals surface area contributed by atoms with E-state index in [0.29, 0.717) is 17.0 Å². The molecule has 7 nitrogen and oxygen atoms in total. The number of piperidine rings is 1. The monoisotopic (exact) mass is 529 g/mol. The number of esters is 1. The number of likely N-dealkylation sites (tertiary alicyclic amines) is 1. The van der Waals surface area contributed by atoms with Crippen LogP contribution in [0.1, 0.15) is 75.2 Å². The number of amides is 1. The first-order valence-corrected chi connectivity index (χ1v) is 13.5. The van der Waals surface area contributed by atoms with Gasteiger partial charge < -0.3 is 14.8 Å². The molecule has 0 radical (unpaired) electrons. The van der Waals surface area contributed by atoms with Crippen molar-refractivity contribution in [3.05, 3.63) is 78.1 Å². The number of hydrogen-bond acceptors (Lipinski definition) is 6. The summed E-state index contributed by atoms with van der Waals surface area (Å²) in [4.78, 5) is 32.7. The molecule has 1 aromatic heterocycles. The average Bonchev–Trinajstić information content (AvgIpc) is 2.88. The second-order valence-corrected chi connectivity index (χ2v) is 11.9. The molecule has 1 fully saturated rings. The Labute approximate surface area is 231 Å². The van der Waals surface area contributed by atoms with Gasteiger partial charge in [0.1, 0.15) is 11.7 Å². The average molecular weight is 530 g/mol. The number of pyridine rings is 1. The number of nitrogens with one attached hydrogen (secondary N) is 1. The van der Waals surface area contributed by atoms with E-state index in [9.17, 15) is 9.59 Å². The summed E-state index contributed by atoms with van der Waals surface area (Å²) in [6.07, 6.45) is 3.45. The van der Waals surface area contributed by atoms with Crippen LogP contribution in [0.15, 0.2) is 66.9 Å². The van der Waals surface area contributed by atoms with E-state index in [1.165, 1.54) is 0 Å². The molecule has 0 bridgehead atoms. The number of ether oxygens (including phenoxy) is 2. The van der Waals surface area contributed by atoms with E-state index in [2.05, 4.69) is 36.0 Å². The molecule has 2 aromatic carbocycles. The summed E-state index contributed by atoms with van der Waals surface area (Å²) < 4.78 is 11.9. The molecule has 0 unspecified atom stereocenters. The Bertz CT molecular complexity index is 1280. The number of carbonyl (C=O) groups excluding carboxylic acids is 2. The first kappa shape index (κ1) is 28.3. The van der Waals surface area contributed by atoms with Crippen LogP contribution >= 0.6 is 0 Å². The minimum Gasteiger partial charge on any atom is -0.488 e. The zero-order valence-corrected chi connectivity index (χ0v) is 23.8. The molecule has 1 amide bonds. The van der Waals surface area contributed by atoms with Crippen LogP contribution in [0.3, 0.4) is 0 Å². The van der Waals surface area contributed by atoms with Crippen LogP contribution in [-0.4, -0.2) is 52.1 Å². The van der Waals surface area contributed by atoms with Crippen molar-refractivity contribution < 1.29 is 19.1 Å². The van der Waals surface area contributed by atoms with Crippen LogP contribution in [0.2, 0.25) is 0 Å². The van der Waals surface area contributed by atoms with E-state index in [1.54, 1.807) is 30.5 Å². The van der Waals surface area contributed by atoms with Crippen LogP contribution in [0.25, 0.3) is 11.1 Å². The van der Waals surface area contributed by atoms with Gasteiger partial charge in [-0.1, -0.05) is 30.3 Å². The number of benzene rings is 2. The number of anilines is 1. The summed E-state index contributed by atoms with van der Waals surface area (Å²) in [5.74, 6) is -0.318. The second kappa shape index (κ2) is 11.6. The predicted octanol–water partition coefficient (Wildman–Crippen LogP) is 6.60. The van der Waals surface area contributed by atoms with Gasteiger partial charge in [0.25, 0.3) is 5.91 Å². The lowest BCUT2D eigenvalue weighted by atomic mass is 9.99. The molecule has 3 aromatic rings. The van der Waals surface area contributed by atoms with Crippen LogP contribution in [0, 0.1) is 0 Å². The summed E-state index contributed by atoms with van der Waals surface area (Å²) in [7, 11) is 0. The zero-order chi connectivity index (χ0) is 28.2. The van der Waals surface area contributed by atoms with Crippen LogP contribution in [0.5, 0.6) is 5.75 Å². The Balaban J connectivity index is 1.53. The molecule has 1 saturated heterocycles. The van der Waals surface area contributed by atoms with Gasteiger partial charge in [0, 0.05) is 36.1 Å². The van der Waals surface area contributed by atoms with Crippen molar-refractivity contribution in [1.29, 1.82) is 0 Å². The molecule has 1 aliphatic rings. The fourth-order valence-electron chi connectivity index (χ4n) is 4.53. The Hall–Kier alpha value is -3.71. The van der Waals surface area contributed by atoms with E-state index in [0.717, 1.165) is 37.1 Å². The molecule has 0 atom stereocenters. The van der Waals surface area contributed by atoms with Gasteiger partial charge in [0.05, 0.1) is 5.56 Å². The van der Waals surface area contributed by atoms with E-state index < -0.39 is 11.6 Å². The normalized spacial score (nSPS) is 15.0. The molecule has 0 saturated carbocycles. The smallest absolute Gasteiger partial charge is 0.338 e. The standard InChI is InChI=1S/C32H39N3O4/c1-31(2,3)35-18-16-26(17-19-35)38-27-20-24(22-10-8-7-9-11-22)21-33-28(27)29(36)34-25-14-12-23(13-15-25)30(37)39-32(4,5)6/h7-15,20-21,26H,16-19H2,1-6H3,(H,34,36). The quantitative estimate of drug-likeness (QED) is 0.363. The number of nitrogens with zero attached hydrogens (tertiary/aromatic N) is 2. The minimum absolute atomic E-state index is 0.00362. The van der Waals surface area contributed by atoms with E-state index in [4.69, 9.17) is 9.47 Å². The maximum Gasteiger partial charge on any atom is 0.338 e. The lowest BCUT2D eigenvalue weighted by molar-refractivity contribution is 0.00694. The highest BCUT2D eigenvalue weighted by Gasteiger charge is 2.29. The lowest BCUT2D eigenvalue weighted by Gasteiger charge is -2.40. The summed E-state index contributed by atoms with van der Waals surface area (Å²) >= 11 is 0. The third kappa shape index (κ3) is 7.67. The highest BCUT2D eigenvalue weighted by Crippen LogP contribution is 2.30. The van der Waals surface area contributed by atoms with Crippen molar-refractivity contribution >= 4 is 17.6 Å². The number of rotatable bonds is 6. The van der Waals surface area contributed by atoms with Crippen molar-refractivity contribution in [2.24, 2.45) is 0 Å². The van der Waals surface area contributed by atoms with Crippen LogP contribution < -0.4 is 10.1 Å². The van der Waals surface area contributed by atoms with E-state index in [1.807, 2.05) is 57.2 Å². The summed E-state index contributed by atoms with van der Waals surface area (Å²) in [5.41, 5.74) is 2.61. The third-order valence-electron chi connectivity index (χ3n) is 6.64. The van der Waals surface area contributed by atoms with Crippen molar-refractivity contribution in [1.82, 2.24) is 9.88 Å². The van der Waals surface area contributed by atoms with Gasteiger partial charge in [0.15, 0.2) is 11.4 Å². The van der Waals surface area contributed by atoms with Gasteiger partial charge in [-0.2, -0.15) is 0 Å². The Morgan fingerprint density at radius 1 is 0.897 bits per heavy atom. The van der Waals surface area contributed by atoms with Crippen LogP contribution in [0.4, 0.5) is 5.69 Å². The van der Waals surface area contributed by atoms with Crippen molar-refractivity contribution in [3.63, 3.8) is 0 Å². The summed E-state index contributed by atoms with van der Waals surface area (Å²) in [6, 6.07) is 18.5. The maximum absolute atomic E-state index is 13.4. The van der Waals surface area contributed by atoms with Gasteiger partial charge in [0.2, 0.25) is 0 Å². The maximum atomic E-state index is 13.4. The van der Waals surface area contributed by atoms with Gasteiger partial charge in [-0.25, -0.2) is 9.78 Å². The molecule has 4 rings (SSSR count). The second-order valence-electron chi connectivity index (χ2n) is 11.9. The molecule has 1 N–H and O–H groups in total.